The summed E-state index contributed by atoms with van der Waals surface area (Å²) in [6.07, 6.45) is 0. The Hall–Kier alpha value is -1.64. The summed E-state index contributed by atoms with van der Waals surface area (Å²) < 4.78 is 0.795. The minimum atomic E-state index is 0.439. The molecule has 0 aliphatic rings. The standard InChI is InChI=1S/C13H10BrClN4/c1-7-8(2)18-19-13(10(7)6-16)17-12-4-3-9(15)5-11(12)14/h3-5H,1-2H3,(H,17,19). The van der Waals surface area contributed by atoms with Crippen molar-refractivity contribution < 1.29 is 0 Å². The average molecular weight is 338 g/mol. The van der Waals surface area contributed by atoms with Crippen LogP contribution < -0.4 is 5.32 Å². The van der Waals surface area contributed by atoms with Gasteiger partial charge in [-0.05, 0) is 53.5 Å². The van der Waals surface area contributed by atoms with Gasteiger partial charge in [0.15, 0.2) is 5.82 Å². The number of benzene rings is 1. The Morgan fingerprint density at radius 2 is 2.05 bits per heavy atom. The molecule has 0 aliphatic carbocycles. The van der Waals surface area contributed by atoms with Gasteiger partial charge in [-0.15, -0.1) is 5.10 Å². The van der Waals surface area contributed by atoms with E-state index in [0.717, 1.165) is 21.4 Å². The van der Waals surface area contributed by atoms with Crippen LogP contribution in [0.2, 0.25) is 5.02 Å². The number of nitrogens with zero attached hydrogens (tertiary/aromatic N) is 3. The third-order valence-corrected chi connectivity index (χ3v) is 3.64. The Bertz CT molecular complexity index is 679. The maximum atomic E-state index is 9.22. The van der Waals surface area contributed by atoms with Crippen molar-refractivity contribution in [1.29, 1.82) is 5.26 Å². The van der Waals surface area contributed by atoms with Crippen LogP contribution in [0.3, 0.4) is 0 Å². The van der Waals surface area contributed by atoms with E-state index >= 15 is 0 Å². The number of hydrogen-bond acceptors (Lipinski definition) is 4. The molecular formula is C13H10BrClN4. The second kappa shape index (κ2) is 5.55. The predicted octanol–water partition coefficient (Wildman–Crippen LogP) is 4.12. The van der Waals surface area contributed by atoms with E-state index < -0.39 is 0 Å². The molecule has 1 heterocycles. The lowest BCUT2D eigenvalue weighted by atomic mass is 10.1. The summed E-state index contributed by atoms with van der Waals surface area (Å²) in [5.74, 6) is 0.439. The summed E-state index contributed by atoms with van der Waals surface area (Å²) in [4.78, 5) is 0. The Kier molecular flexibility index (Phi) is 4.03. The maximum Gasteiger partial charge on any atom is 0.171 e. The number of aryl methyl sites for hydroxylation is 1. The summed E-state index contributed by atoms with van der Waals surface area (Å²) >= 11 is 9.29. The average Bonchev–Trinajstić information content (AvgIpc) is 2.37. The van der Waals surface area contributed by atoms with Crippen LogP contribution in [0.15, 0.2) is 22.7 Å². The molecule has 4 nitrogen and oxygen atoms in total. The van der Waals surface area contributed by atoms with Crippen LogP contribution in [-0.4, -0.2) is 10.2 Å². The molecule has 6 heteroatoms. The van der Waals surface area contributed by atoms with Crippen molar-refractivity contribution in [1.82, 2.24) is 10.2 Å². The third-order valence-electron chi connectivity index (χ3n) is 2.75. The molecule has 0 saturated carbocycles. The fourth-order valence-corrected chi connectivity index (χ4v) is 2.33. The van der Waals surface area contributed by atoms with Crippen molar-refractivity contribution in [2.24, 2.45) is 0 Å². The molecule has 0 amide bonds. The van der Waals surface area contributed by atoms with Gasteiger partial charge < -0.3 is 5.32 Å². The van der Waals surface area contributed by atoms with Gasteiger partial charge in [-0.1, -0.05) is 11.6 Å². The number of nitriles is 1. The Balaban J connectivity index is 2.44. The minimum Gasteiger partial charge on any atom is -0.337 e. The number of aromatic nitrogens is 2. The Morgan fingerprint density at radius 3 is 2.68 bits per heavy atom. The fourth-order valence-electron chi connectivity index (χ4n) is 1.55. The van der Waals surface area contributed by atoms with E-state index in [1.807, 2.05) is 19.9 Å². The zero-order valence-corrected chi connectivity index (χ0v) is 12.7. The van der Waals surface area contributed by atoms with Gasteiger partial charge in [0, 0.05) is 9.50 Å². The van der Waals surface area contributed by atoms with Gasteiger partial charge in [0.05, 0.1) is 11.4 Å². The molecule has 1 aromatic carbocycles. The number of anilines is 2. The van der Waals surface area contributed by atoms with Crippen LogP contribution in [0.4, 0.5) is 11.5 Å². The molecule has 0 bridgehead atoms. The monoisotopic (exact) mass is 336 g/mol. The van der Waals surface area contributed by atoms with E-state index in [1.54, 1.807) is 12.1 Å². The Labute approximate surface area is 124 Å². The lowest BCUT2D eigenvalue weighted by Crippen LogP contribution is -2.03. The molecule has 2 aromatic rings. The van der Waals surface area contributed by atoms with Gasteiger partial charge in [-0.25, -0.2) is 0 Å². The van der Waals surface area contributed by atoms with Crippen LogP contribution in [0.1, 0.15) is 16.8 Å². The normalized spacial score (nSPS) is 10.1. The molecule has 0 aliphatic heterocycles. The first-order valence-electron chi connectivity index (χ1n) is 5.49. The molecule has 0 saturated heterocycles. The van der Waals surface area contributed by atoms with Gasteiger partial charge in [-0.3, -0.25) is 0 Å². The van der Waals surface area contributed by atoms with E-state index in [2.05, 4.69) is 37.5 Å². The lowest BCUT2D eigenvalue weighted by molar-refractivity contribution is 0.960. The van der Waals surface area contributed by atoms with Crippen molar-refractivity contribution in [3.8, 4) is 6.07 Å². The lowest BCUT2D eigenvalue weighted by Gasteiger charge is -2.11. The molecular weight excluding hydrogens is 328 g/mol. The predicted molar refractivity (Wildman–Crippen MR) is 78.7 cm³/mol. The zero-order chi connectivity index (χ0) is 14.0. The molecule has 0 radical (unpaired) electrons. The molecule has 0 spiro atoms. The zero-order valence-electron chi connectivity index (χ0n) is 10.3. The highest BCUT2D eigenvalue weighted by molar-refractivity contribution is 9.10. The van der Waals surface area contributed by atoms with E-state index in [9.17, 15) is 5.26 Å². The smallest absolute Gasteiger partial charge is 0.171 e. The summed E-state index contributed by atoms with van der Waals surface area (Å²) in [5, 5.41) is 21.0. The van der Waals surface area contributed by atoms with E-state index in [4.69, 9.17) is 11.6 Å². The highest BCUT2D eigenvalue weighted by Crippen LogP contribution is 2.29. The maximum absolute atomic E-state index is 9.22. The second-order valence-electron chi connectivity index (χ2n) is 3.99. The van der Waals surface area contributed by atoms with Crippen LogP contribution >= 0.6 is 27.5 Å². The highest BCUT2D eigenvalue weighted by atomic mass is 79.9. The summed E-state index contributed by atoms with van der Waals surface area (Å²) in [6, 6.07) is 7.49. The molecule has 2 rings (SSSR count). The van der Waals surface area contributed by atoms with Crippen LogP contribution in [0.5, 0.6) is 0 Å². The molecule has 0 fully saturated rings. The van der Waals surface area contributed by atoms with Gasteiger partial charge in [0.1, 0.15) is 11.6 Å². The largest absolute Gasteiger partial charge is 0.337 e. The summed E-state index contributed by atoms with van der Waals surface area (Å²) in [7, 11) is 0. The summed E-state index contributed by atoms with van der Waals surface area (Å²) in [5.41, 5.74) is 2.84. The molecule has 0 atom stereocenters. The first-order valence-corrected chi connectivity index (χ1v) is 6.66. The van der Waals surface area contributed by atoms with Gasteiger partial charge in [0.25, 0.3) is 0 Å². The second-order valence-corrected chi connectivity index (χ2v) is 5.29. The first-order chi connectivity index (χ1) is 9.02. The van der Waals surface area contributed by atoms with Gasteiger partial charge >= 0.3 is 0 Å². The number of halogens is 2. The molecule has 1 N–H and O–H groups in total. The number of nitrogens with one attached hydrogen (secondary N) is 1. The molecule has 0 unspecified atom stereocenters. The molecule has 96 valence electrons. The highest BCUT2D eigenvalue weighted by Gasteiger charge is 2.12. The fraction of sp³-hybridized carbons (Fsp3) is 0.154. The Morgan fingerprint density at radius 1 is 1.32 bits per heavy atom. The molecule has 1 aromatic heterocycles. The SMILES string of the molecule is Cc1nnc(Nc2ccc(Cl)cc2Br)c(C#N)c1C. The van der Waals surface area contributed by atoms with Gasteiger partial charge in [0.2, 0.25) is 0 Å². The topological polar surface area (TPSA) is 61.6 Å². The van der Waals surface area contributed by atoms with Crippen molar-refractivity contribution in [2.75, 3.05) is 5.32 Å². The van der Waals surface area contributed by atoms with Crippen LogP contribution in [0.25, 0.3) is 0 Å². The van der Waals surface area contributed by atoms with E-state index in [1.165, 1.54) is 0 Å². The summed E-state index contributed by atoms with van der Waals surface area (Å²) in [6.45, 7) is 3.68. The van der Waals surface area contributed by atoms with E-state index in [-0.39, 0.29) is 0 Å². The van der Waals surface area contributed by atoms with Crippen molar-refractivity contribution >= 4 is 39.0 Å². The molecule has 19 heavy (non-hydrogen) atoms. The van der Waals surface area contributed by atoms with Gasteiger partial charge in [-0.2, -0.15) is 10.4 Å². The quantitative estimate of drug-likeness (QED) is 0.895. The number of hydrogen-bond donors (Lipinski definition) is 1. The third kappa shape index (κ3) is 2.86. The first kappa shape index (κ1) is 13.8. The van der Waals surface area contributed by atoms with E-state index in [0.29, 0.717) is 16.4 Å². The van der Waals surface area contributed by atoms with Crippen molar-refractivity contribution in [3.63, 3.8) is 0 Å². The van der Waals surface area contributed by atoms with Crippen molar-refractivity contribution in [2.45, 2.75) is 13.8 Å². The van der Waals surface area contributed by atoms with Crippen LogP contribution in [-0.2, 0) is 0 Å². The van der Waals surface area contributed by atoms with Crippen LogP contribution in [0, 0.1) is 25.2 Å². The number of rotatable bonds is 2. The minimum absolute atomic E-state index is 0.439. The van der Waals surface area contributed by atoms with Crippen molar-refractivity contribution in [3.05, 3.63) is 44.5 Å².